The van der Waals surface area contributed by atoms with E-state index in [0.717, 1.165) is 18.3 Å². The van der Waals surface area contributed by atoms with Gasteiger partial charge >= 0.3 is 11.6 Å². The van der Waals surface area contributed by atoms with Gasteiger partial charge in [-0.15, -0.1) is 0 Å². The van der Waals surface area contributed by atoms with Crippen molar-refractivity contribution >= 4 is 33.2 Å². The van der Waals surface area contributed by atoms with Gasteiger partial charge in [-0.25, -0.2) is 18.2 Å². The Morgan fingerprint density at radius 3 is 2.28 bits per heavy atom. The fourth-order valence-corrected chi connectivity index (χ4v) is 3.25. The lowest BCUT2D eigenvalue weighted by atomic mass is 10.2. The predicted octanol–water partition coefficient (Wildman–Crippen LogP) is 3.98. The lowest BCUT2D eigenvalue weighted by molar-refractivity contribution is -0.0438. The number of anilines is 2. The Kier molecular flexibility index (Phi) is 7.03. The molecule has 0 bridgehead atoms. The molecule has 0 saturated carbocycles. The second-order valence-electron chi connectivity index (χ2n) is 7.30. The Morgan fingerprint density at radius 2 is 1.72 bits per heavy atom. The standard InChI is InChI=1S/C19H20F3N3O6S/c1-18(2,3)31-17(27)25-13-10-11(7-8-14(13)30-4)24-15(26)12-6-5-9-23-16(12)32(28,29)19(20,21)22/h5-10H,1-4H3,(H,24,26)(H,25,27). The molecule has 13 heteroatoms. The Hall–Kier alpha value is -3.35. The van der Waals surface area contributed by atoms with E-state index in [0.29, 0.717) is 0 Å². The molecule has 1 heterocycles. The van der Waals surface area contributed by atoms with E-state index in [1.807, 2.05) is 0 Å². The molecule has 174 valence electrons. The molecule has 0 aliphatic rings. The number of alkyl halides is 3. The summed E-state index contributed by atoms with van der Waals surface area (Å²) < 4.78 is 72.6. The molecule has 2 rings (SSSR count). The third kappa shape index (κ3) is 5.87. The van der Waals surface area contributed by atoms with E-state index in [-0.39, 0.29) is 17.1 Å². The van der Waals surface area contributed by atoms with E-state index in [9.17, 15) is 31.2 Å². The van der Waals surface area contributed by atoms with Gasteiger partial charge < -0.3 is 14.8 Å². The third-order valence-electron chi connectivity index (χ3n) is 3.67. The number of benzene rings is 1. The van der Waals surface area contributed by atoms with Crippen LogP contribution in [0.25, 0.3) is 0 Å². The molecule has 0 aliphatic carbocycles. The van der Waals surface area contributed by atoms with Crippen molar-refractivity contribution < 1.29 is 40.7 Å². The summed E-state index contributed by atoms with van der Waals surface area (Å²) in [6, 6.07) is 5.98. The summed E-state index contributed by atoms with van der Waals surface area (Å²) in [5.74, 6) is -0.954. The highest BCUT2D eigenvalue weighted by Crippen LogP contribution is 2.32. The van der Waals surface area contributed by atoms with E-state index in [1.54, 1.807) is 20.8 Å². The molecule has 0 spiro atoms. The average Bonchev–Trinajstić information content (AvgIpc) is 2.65. The number of halogens is 3. The first-order valence-corrected chi connectivity index (χ1v) is 10.4. The molecule has 32 heavy (non-hydrogen) atoms. The van der Waals surface area contributed by atoms with Crippen molar-refractivity contribution in [3.05, 3.63) is 42.1 Å². The highest BCUT2D eigenvalue weighted by molar-refractivity contribution is 7.92. The van der Waals surface area contributed by atoms with E-state index < -0.39 is 43.5 Å². The Bertz CT molecular complexity index is 1130. The van der Waals surface area contributed by atoms with Crippen LogP contribution in [0.1, 0.15) is 31.1 Å². The number of sulfone groups is 1. The van der Waals surface area contributed by atoms with Crippen LogP contribution in [-0.4, -0.2) is 43.6 Å². The summed E-state index contributed by atoms with van der Waals surface area (Å²) in [7, 11) is -4.53. The number of amides is 2. The lowest BCUT2D eigenvalue weighted by Crippen LogP contribution is -2.28. The molecule has 0 radical (unpaired) electrons. The summed E-state index contributed by atoms with van der Waals surface area (Å²) in [5.41, 5.74) is -7.11. The van der Waals surface area contributed by atoms with Crippen molar-refractivity contribution in [2.75, 3.05) is 17.7 Å². The lowest BCUT2D eigenvalue weighted by Gasteiger charge is -2.20. The number of nitrogens with one attached hydrogen (secondary N) is 2. The van der Waals surface area contributed by atoms with Crippen molar-refractivity contribution in [3.8, 4) is 5.75 Å². The number of methoxy groups -OCH3 is 1. The minimum Gasteiger partial charge on any atom is -0.495 e. The molecule has 1 aromatic heterocycles. The first-order chi connectivity index (χ1) is 14.7. The monoisotopic (exact) mass is 475 g/mol. The zero-order valence-corrected chi connectivity index (χ0v) is 18.2. The van der Waals surface area contributed by atoms with Crippen LogP contribution in [0.4, 0.5) is 29.3 Å². The molecule has 0 saturated heterocycles. The van der Waals surface area contributed by atoms with Gasteiger partial charge in [0.2, 0.25) is 0 Å². The number of ether oxygens (including phenoxy) is 2. The van der Waals surface area contributed by atoms with Crippen LogP contribution in [0, 0.1) is 0 Å². The van der Waals surface area contributed by atoms with Gasteiger partial charge in [-0.1, -0.05) is 0 Å². The topological polar surface area (TPSA) is 124 Å². The molecular weight excluding hydrogens is 455 g/mol. The maximum absolute atomic E-state index is 12.9. The van der Waals surface area contributed by atoms with Crippen LogP contribution in [0.2, 0.25) is 0 Å². The van der Waals surface area contributed by atoms with Gasteiger partial charge in [-0.2, -0.15) is 13.2 Å². The number of pyridine rings is 1. The molecule has 2 N–H and O–H groups in total. The average molecular weight is 475 g/mol. The summed E-state index contributed by atoms with van der Waals surface area (Å²) in [4.78, 5) is 27.8. The molecular formula is C19H20F3N3O6S. The zero-order valence-electron chi connectivity index (χ0n) is 17.4. The van der Waals surface area contributed by atoms with Crippen LogP contribution < -0.4 is 15.4 Å². The molecule has 2 aromatic rings. The van der Waals surface area contributed by atoms with Gasteiger partial charge in [0, 0.05) is 11.9 Å². The number of hydrogen-bond donors (Lipinski definition) is 2. The SMILES string of the molecule is COc1ccc(NC(=O)c2cccnc2S(=O)(=O)C(F)(F)F)cc1NC(=O)OC(C)(C)C. The number of hydrogen-bond acceptors (Lipinski definition) is 7. The number of rotatable bonds is 5. The van der Waals surface area contributed by atoms with Crippen LogP contribution in [0.5, 0.6) is 5.75 Å². The van der Waals surface area contributed by atoms with Crippen LogP contribution in [0.15, 0.2) is 41.6 Å². The summed E-state index contributed by atoms with van der Waals surface area (Å²) in [6.07, 6.45) is 0.0103. The van der Waals surface area contributed by atoms with Crippen molar-refractivity contribution in [2.24, 2.45) is 0 Å². The van der Waals surface area contributed by atoms with Gasteiger partial charge in [0.1, 0.15) is 11.4 Å². The molecule has 9 nitrogen and oxygen atoms in total. The van der Waals surface area contributed by atoms with Gasteiger partial charge in [0.05, 0.1) is 18.4 Å². The van der Waals surface area contributed by atoms with E-state index >= 15 is 0 Å². The summed E-state index contributed by atoms with van der Waals surface area (Å²) in [6.45, 7) is 4.96. The molecule has 0 fully saturated rings. The zero-order chi connectivity index (χ0) is 24.3. The second kappa shape index (κ2) is 9.02. The largest absolute Gasteiger partial charge is 0.503 e. The highest BCUT2D eigenvalue weighted by atomic mass is 32.2. The minimum atomic E-state index is -5.86. The van der Waals surface area contributed by atoms with Crippen LogP contribution in [-0.2, 0) is 14.6 Å². The first kappa shape index (κ1) is 24.9. The van der Waals surface area contributed by atoms with Gasteiger partial charge in [0.25, 0.3) is 15.7 Å². The number of nitrogens with zero attached hydrogens (tertiary/aromatic N) is 1. The fraction of sp³-hybridized carbons (Fsp3) is 0.316. The number of aromatic nitrogens is 1. The van der Waals surface area contributed by atoms with Crippen LogP contribution in [0.3, 0.4) is 0 Å². The fourth-order valence-electron chi connectivity index (χ4n) is 2.38. The molecule has 0 unspecified atom stereocenters. The molecule has 0 aliphatic heterocycles. The summed E-state index contributed by atoms with van der Waals surface area (Å²) in [5, 5.41) is 3.28. The van der Waals surface area contributed by atoms with Crippen molar-refractivity contribution in [1.82, 2.24) is 4.98 Å². The third-order valence-corrected chi connectivity index (χ3v) is 5.11. The number of carbonyl (C=O) groups excluding carboxylic acids is 2. The summed E-state index contributed by atoms with van der Waals surface area (Å²) >= 11 is 0. The maximum Gasteiger partial charge on any atom is 0.503 e. The molecule has 1 aromatic carbocycles. The Labute approximate surface area is 181 Å². The Balaban J connectivity index is 2.35. The maximum atomic E-state index is 12.9. The van der Waals surface area contributed by atoms with Crippen molar-refractivity contribution in [2.45, 2.75) is 36.9 Å². The van der Waals surface area contributed by atoms with E-state index in [1.165, 1.54) is 25.3 Å². The van der Waals surface area contributed by atoms with E-state index in [2.05, 4.69) is 15.6 Å². The van der Waals surface area contributed by atoms with Gasteiger partial charge in [-0.05, 0) is 51.1 Å². The van der Waals surface area contributed by atoms with Gasteiger partial charge in [-0.3, -0.25) is 10.1 Å². The predicted molar refractivity (Wildman–Crippen MR) is 108 cm³/mol. The smallest absolute Gasteiger partial charge is 0.495 e. The van der Waals surface area contributed by atoms with Gasteiger partial charge in [0.15, 0.2) is 5.03 Å². The van der Waals surface area contributed by atoms with Crippen molar-refractivity contribution in [3.63, 3.8) is 0 Å². The quantitative estimate of drug-likeness (QED) is 0.670. The van der Waals surface area contributed by atoms with Crippen LogP contribution >= 0.6 is 0 Å². The Morgan fingerprint density at radius 1 is 1.06 bits per heavy atom. The molecule has 2 amide bonds. The first-order valence-electron chi connectivity index (χ1n) is 8.91. The normalized spacial score (nSPS) is 12.1. The second-order valence-corrected chi connectivity index (χ2v) is 9.16. The minimum absolute atomic E-state index is 0.0288. The highest BCUT2D eigenvalue weighted by Gasteiger charge is 2.49. The molecule has 0 atom stereocenters. The van der Waals surface area contributed by atoms with E-state index in [4.69, 9.17) is 9.47 Å². The van der Waals surface area contributed by atoms with Crippen molar-refractivity contribution in [1.29, 1.82) is 0 Å². The number of carbonyl (C=O) groups is 2.